The third-order valence-electron chi connectivity index (χ3n) is 8.64. The lowest BCUT2D eigenvalue weighted by Crippen LogP contribution is -2.40. The molecule has 1 saturated heterocycles. The molecular weight excluding hydrogens is 589 g/mol. The third kappa shape index (κ3) is 6.50. The molecule has 0 spiro atoms. The van der Waals surface area contributed by atoms with E-state index in [2.05, 4.69) is 16.0 Å². The van der Waals surface area contributed by atoms with Gasteiger partial charge < -0.3 is 25.3 Å². The first kappa shape index (κ1) is 32.4. The van der Waals surface area contributed by atoms with E-state index in [1.54, 1.807) is 6.07 Å². The van der Waals surface area contributed by atoms with Crippen molar-refractivity contribution < 1.29 is 18.7 Å². The molecule has 4 aromatic rings. The van der Waals surface area contributed by atoms with Crippen molar-refractivity contribution in [3.63, 3.8) is 0 Å². The standard InChI is InChI=1S/C35H38FN5O5/c1-20-24(22-16-29(36)27(31(17-22)46-5)18-37-15-14-23-12-13-32(42)38-23)8-6-9-25(20)26-10-7-11-30(21(26)2)39-33(43)28-19-40(3)35(45)41(4)34(28)44/h6-11,16-17,19,23,37H,12-15,18H2,1-5H3,(H,38,42)(H,39,43). The number of hydrogen-bond acceptors (Lipinski definition) is 6. The number of halogens is 1. The summed E-state index contributed by atoms with van der Waals surface area (Å²) in [5.41, 5.74) is 4.54. The molecule has 1 aliphatic rings. The minimum Gasteiger partial charge on any atom is -0.496 e. The van der Waals surface area contributed by atoms with Crippen molar-refractivity contribution in [3.8, 4) is 28.0 Å². The van der Waals surface area contributed by atoms with E-state index in [0.29, 0.717) is 35.5 Å². The van der Waals surface area contributed by atoms with Gasteiger partial charge in [-0.25, -0.2) is 9.18 Å². The number of nitrogens with one attached hydrogen (secondary N) is 3. The largest absolute Gasteiger partial charge is 0.496 e. The fraction of sp³-hybridized carbons (Fsp3) is 0.314. The lowest BCUT2D eigenvalue weighted by Gasteiger charge is -2.18. The van der Waals surface area contributed by atoms with Crippen molar-refractivity contribution in [2.75, 3.05) is 19.0 Å². The number of aryl methyl sites for hydroxylation is 1. The van der Waals surface area contributed by atoms with E-state index in [9.17, 15) is 19.2 Å². The maximum atomic E-state index is 15.5. The molecule has 0 aliphatic carbocycles. The number of ether oxygens (including phenoxy) is 1. The van der Waals surface area contributed by atoms with Crippen LogP contribution in [0.4, 0.5) is 10.1 Å². The van der Waals surface area contributed by atoms with Gasteiger partial charge in [0.15, 0.2) is 0 Å². The highest BCUT2D eigenvalue weighted by atomic mass is 19.1. The second-order valence-corrected chi connectivity index (χ2v) is 11.6. The van der Waals surface area contributed by atoms with Gasteiger partial charge in [0, 0.05) is 50.6 Å². The Balaban J connectivity index is 1.39. The van der Waals surface area contributed by atoms with Gasteiger partial charge in [-0.3, -0.25) is 19.0 Å². The number of amides is 2. The molecule has 5 rings (SSSR count). The number of anilines is 1. The van der Waals surface area contributed by atoms with E-state index in [0.717, 1.165) is 45.2 Å². The normalized spacial score (nSPS) is 14.3. The quantitative estimate of drug-likeness (QED) is 0.227. The number of benzene rings is 3. The molecule has 0 bridgehead atoms. The highest BCUT2D eigenvalue weighted by Gasteiger charge is 2.21. The summed E-state index contributed by atoms with van der Waals surface area (Å²) in [7, 11) is 4.33. The summed E-state index contributed by atoms with van der Waals surface area (Å²) in [5.74, 6) is -0.490. The predicted octanol–water partition coefficient (Wildman–Crippen LogP) is 4.19. The average Bonchev–Trinajstić information content (AvgIpc) is 3.46. The molecule has 11 heteroatoms. The van der Waals surface area contributed by atoms with Gasteiger partial charge in [0.2, 0.25) is 5.91 Å². The van der Waals surface area contributed by atoms with E-state index in [-0.39, 0.29) is 29.9 Å². The molecule has 1 aromatic heterocycles. The zero-order valence-electron chi connectivity index (χ0n) is 26.6. The number of nitrogens with zero attached hydrogens (tertiary/aromatic N) is 2. The van der Waals surface area contributed by atoms with E-state index in [1.165, 1.54) is 38.0 Å². The molecule has 2 heterocycles. The van der Waals surface area contributed by atoms with Crippen LogP contribution in [0.2, 0.25) is 0 Å². The molecule has 1 unspecified atom stereocenters. The monoisotopic (exact) mass is 627 g/mol. The van der Waals surface area contributed by atoms with Crippen LogP contribution in [0.3, 0.4) is 0 Å². The summed E-state index contributed by atoms with van der Waals surface area (Å²) in [4.78, 5) is 49.2. The van der Waals surface area contributed by atoms with E-state index in [1.807, 2.05) is 50.2 Å². The number of carbonyl (C=O) groups is 2. The van der Waals surface area contributed by atoms with Crippen LogP contribution in [0.5, 0.6) is 5.75 Å². The van der Waals surface area contributed by atoms with Crippen molar-refractivity contribution >= 4 is 17.5 Å². The first-order chi connectivity index (χ1) is 22.0. The van der Waals surface area contributed by atoms with Crippen molar-refractivity contribution in [2.24, 2.45) is 14.1 Å². The van der Waals surface area contributed by atoms with Crippen LogP contribution in [0.25, 0.3) is 22.3 Å². The van der Waals surface area contributed by atoms with E-state index >= 15 is 4.39 Å². The fourth-order valence-corrected chi connectivity index (χ4v) is 5.96. The van der Waals surface area contributed by atoms with Gasteiger partial charge in [-0.2, -0.15) is 0 Å². The Bertz CT molecular complexity index is 1950. The number of rotatable bonds is 10. The maximum absolute atomic E-state index is 15.5. The van der Waals surface area contributed by atoms with Crippen LogP contribution < -0.4 is 31.9 Å². The smallest absolute Gasteiger partial charge is 0.330 e. The van der Waals surface area contributed by atoms with Gasteiger partial charge in [-0.15, -0.1) is 0 Å². The number of hydrogen-bond donors (Lipinski definition) is 3. The Kier molecular flexibility index (Phi) is 9.52. The van der Waals surface area contributed by atoms with Crippen LogP contribution in [0.15, 0.2) is 64.3 Å². The molecule has 1 fully saturated rings. The number of methoxy groups -OCH3 is 1. The van der Waals surface area contributed by atoms with Crippen LogP contribution in [-0.2, 0) is 25.4 Å². The van der Waals surface area contributed by atoms with Gasteiger partial charge in [0.25, 0.3) is 11.5 Å². The molecule has 0 radical (unpaired) electrons. The average molecular weight is 628 g/mol. The Hall–Kier alpha value is -5.03. The molecule has 3 N–H and O–H groups in total. The van der Waals surface area contributed by atoms with Crippen LogP contribution in [0.1, 0.15) is 46.3 Å². The van der Waals surface area contributed by atoms with Crippen molar-refractivity contribution in [2.45, 2.75) is 45.7 Å². The molecule has 1 aliphatic heterocycles. The minimum atomic E-state index is -0.679. The number of carbonyl (C=O) groups excluding carboxylic acids is 2. The summed E-state index contributed by atoms with van der Waals surface area (Å²) in [6.07, 6.45) is 3.38. The van der Waals surface area contributed by atoms with Gasteiger partial charge in [0.1, 0.15) is 17.1 Å². The Morgan fingerprint density at radius 3 is 2.41 bits per heavy atom. The van der Waals surface area contributed by atoms with Crippen molar-refractivity contribution in [1.82, 2.24) is 19.8 Å². The molecule has 46 heavy (non-hydrogen) atoms. The lowest BCUT2D eigenvalue weighted by atomic mass is 9.90. The summed E-state index contributed by atoms with van der Waals surface area (Å²) >= 11 is 0. The van der Waals surface area contributed by atoms with Gasteiger partial charge in [-0.1, -0.05) is 30.3 Å². The zero-order valence-corrected chi connectivity index (χ0v) is 26.6. The maximum Gasteiger partial charge on any atom is 0.330 e. The SMILES string of the molecule is COc1cc(-c2cccc(-c3cccc(NC(=O)c4cn(C)c(=O)n(C)c4=O)c3C)c2C)cc(F)c1CNCCC1CCC(=O)N1. The Labute approximate surface area is 266 Å². The zero-order chi connectivity index (χ0) is 33.1. The predicted molar refractivity (Wildman–Crippen MR) is 176 cm³/mol. The molecule has 1 atom stereocenters. The molecular formula is C35H38FN5O5. The van der Waals surface area contributed by atoms with Crippen molar-refractivity contribution in [1.29, 1.82) is 0 Å². The highest BCUT2D eigenvalue weighted by molar-refractivity contribution is 6.04. The first-order valence-electron chi connectivity index (χ1n) is 15.1. The van der Waals surface area contributed by atoms with Crippen LogP contribution >= 0.6 is 0 Å². The number of aromatic nitrogens is 2. The Morgan fingerprint density at radius 1 is 1.02 bits per heavy atom. The summed E-state index contributed by atoms with van der Waals surface area (Å²) in [6, 6.07) is 14.8. The molecule has 240 valence electrons. The molecule has 2 amide bonds. The second kappa shape index (κ2) is 13.5. The Morgan fingerprint density at radius 2 is 1.72 bits per heavy atom. The lowest BCUT2D eigenvalue weighted by molar-refractivity contribution is -0.119. The van der Waals surface area contributed by atoms with Crippen LogP contribution in [0, 0.1) is 19.7 Å². The minimum absolute atomic E-state index is 0.0774. The van der Waals surface area contributed by atoms with Gasteiger partial charge in [0.05, 0.1) is 7.11 Å². The summed E-state index contributed by atoms with van der Waals surface area (Å²) in [5, 5.41) is 9.04. The third-order valence-corrected chi connectivity index (χ3v) is 8.64. The highest BCUT2D eigenvalue weighted by Crippen LogP contribution is 2.37. The molecule has 0 saturated carbocycles. The van der Waals surface area contributed by atoms with E-state index in [4.69, 9.17) is 4.74 Å². The fourth-order valence-electron chi connectivity index (χ4n) is 5.96. The first-order valence-corrected chi connectivity index (χ1v) is 15.1. The van der Waals surface area contributed by atoms with Gasteiger partial charge >= 0.3 is 5.69 Å². The molecule has 10 nitrogen and oxygen atoms in total. The topological polar surface area (TPSA) is 123 Å². The van der Waals surface area contributed by atoms with Crippen molar-refractivity contribution in [3.05, 3.63) is 104 Å². The van der Waals surface area contributed by atoms with Crippen LogP contribution in [-0.4, -0.2) is 40.6 Å². The summed E-state index contributed by atoms with van der Waals surface area (Å²) in [6.45, 7) is 4.77. The second-order valence-electron chi connectivity index (χ2n) is 11.6. The molecule has 3 aromatic carbocycles. The van der Waals surface area contributed by atoms with Gasteiger partial charge in [-0.05, 0) is 84.8 Å². The summed E-state index contributed by atoms with van der Waals surface area (Å²) < 4.78 is 23.2. The van der Waals surface area contributed by atoms with E-state index < -0.39 is 17.2 Å².